The molecule has 9 nitrogen and oxygen atoms in total. The van der Waals surface area contributed by atoms with Crippen molar-refractivity contribution in [2.75, 3.05) is 36.4 Å². The van der Waals surface area contributed by atoms with Crippen molar-refractivity contribution in [1.29, 1.82) is 0 Å². The number of nitrogens with one attached hydrogen (secondary N) is 2. The van der Waals surface area contributed by atoms with Gasteiger partial charge in [0.25, 0.3) is 5.56 Å². The number of carbonyl (C=O) groups is 1. The molecule has 9 heteroatoms. The molecular weight excluding hydrogens is 430 g/mol. The summed E-state index contributed by atoms with van der Waals surface area (Å²) >= 11 is 0. The average Bonchev–Trinajstić information content (AvgIpc) is 2.85. The first-order chi connectivity index (χ1) is 16.5. The Morgan fingerprint density at radius 2 is 1.85 bits per heavy atom. The Hall–Kier alpha value is -3.33. The van der Waals surface area contributed by atoms with Gasteiger partial charge in [-0.05, 0) is 44.4 Å². The molecule has 0 atom stereocenters. The van der Waals surface area contributed by atoms with Crippen LogP contribution in [-0.2, 0) is 0 Å². The highest BCUT2D eigenvalue weighted by Gasteiger charge is 2.25. The van der Waals surface area contributed by atoms with Crippen molar-refractivity contribution in [1.82, 2.24) is 24.8 Å². The second-order valence-electron chi connectivity index (χ2n) is 9.22. The molecule has 2 N–H and O–H groups in total. The summed E-state index contributed by atoms with van der Waals surface area (Å²) in [5.41, 5.74) is 2.31. The lowest BCUT2D eigenvalue weighted by Gasteiger charge is -2.29. The Morgan fingerprint density at radius 3 is 2.53 bits per heavy atom. The number of ketones is 1. The highest BCUT2D eigenvalue weighted by Crippen LogP contribution is 2.31. The topological polar surface area (TPSA) is 105 Å². The number of hydrogen-bond donors (Lipinski definition) is 2. The summed E-state index contributed by atoms with van der Waals surface area (Å²) in [6.45, 7) is 7.12. The molecular formula is C25H31N7O2. The molecule has 3 aromatic heterocycles. The zero-order chi connectivity index (χ0) is 23.7. The molecule has 0 bridgehead atoms. The van der Waals surface area contributed by atoms with Gasteiger partial charge in [-0.2, -0.15) is 4.98 Å². The molecule has 4 heterocycles. The molecule has 34 heavy (non-hydrogen) atoms. The zero-order valence-corrected chi connectivity index (χ0v) is 19.8. The van der Waals surface area contributed by atoms with Crippen LogP contribution in [0.25, 0.3) is 11.0 Å². The van der Waals surface area contributed by atoms with E-state index < -0.39 is 0 Å². The highest BCUT2D eigenvalue weighted by atomic mass is 16.1. The van der Waals surface area contributed by atoms with E-state index in [0.29, 0.717) is 23.0 Å². The van der Waals surface area contributed by atoms with E-state index in [1.807, 2.05) is 18.3 Å². The van der Waals surface area contributed by atoms with Crippen molar-refractivity contribution < 1.29 is 4.79 Å². The lowest BCUT2D eigenvalue weighted by molar-refractivity contribution is 0.101. The SMILES string of the molecule is CC(=O)c1c(C)c2cnc(Nc3ccc(N4CCNCC4)cn3)nc2n(C2CCCCC2)c1=O. The van der Waals surface area contributed by atoms with Gasteiger partial charge in [0.15, 0.2) is 5.78 Å². The molecule has 5 rings (SSSR count). The van der Waals surface area contributed by atoms with E-state index >= 15 is 0 Å². The van der Waals surface area contributed by atoms with Crippen molar-refractivity contribution >= 4 is 34.3 Å². The number of Topliss-reactive ketones (excluding diaryl/α,β-unsaturated/α-hetero) is 1. The van der Waals surface area contributed by atoms with Crippen LogP contribution in [0.1, 0.15) is 61.0 Å². The van der Waals surface area contributed by atoms with E-state index in [2.05, 4.69) is 25.5 Å². The van der Waals surface area contributed by atoms with E-state index in [1.54, 1.807) is 17.7 Å². The molecule has 0 amide bonds. The molecule has 0 spiro atoms. The van der Waals surface area contributed by atoms with Crippen LogP contribution in [0.3, 0.4) is 0 Å². The lowest BCUT2D eigenvalue weighted by Crippen LogP contribution is -2.43. The first-order valence-corrected chi connectivity index (χ1v) is 12.1. The predicted octanol–water partition coefficient (Wildman–Crippen LogP) is 3.36. The van der Waals surface area contributed by atoms with Gasteiger partial charge in [-0.25, -0.2) is 9.97 Å². The third kappa shape index (κ3) is 4.27. The second kappa shape index (κ2) is 9.50. The second-order valence-corrected chi connectivity index (χ2v) is 9.22. The van der Waals surface area contributed by atoms with Crippen molar-refractivity contribution in [2.24, 2.45) is 0 Å². The Balaban J connectivity index is 1.51. The summed E-state index contributed by atoms with van der Waals surface area (Å²) in [5, 5.41) is 7.28. The third-order valence-corrected chi connectivity index (χ3v) is 6.97. The molecule has 178 valence electrons. The Kier molecular flexibility index (Phi) is 6.28. The molecule has 1 aliphatic carbocycles. The number of hydrogen-bond acceptors (Lipinski definition) is 8. The number of carbonyl (C=O) groups excluding carboxylic acids is 1. The van der Waals surface area contributed by atoms with Crippen LogP contribution in [-0.4, -0.2) is 51.5 Å². The normalized spacial score (nSPS) is 17.2. The molecule has 0 unspecified atom stereocenters. The van der Waals surface area contributed by atoms with Gasteiger partial charge in [0.2, 0.25) is 5.95 Å². The van der Waals surface area contributed by atoms with Crippen molar-refractivity contribution in [3.63, 3.8) is 0 Å². The Bertz CT molecular complexity index is 1260. The fourth-order valence-corrected chi connectivity index (χ4v) is 5.17. The van der Waals surface area contributed by atoms with Crippen molar-refractivity contribution in [3.8, 4) is 0 Å². The van der Waals surface area contributed by atoms with Crippen LogP contribution in [0.4, 0.5) is 17.5 Å². The van der Waals surface area contributed by atoms with Crippen LogP contribution in [0.15, 0.2) is 29.3 Å². The average molecular weight is 462 g/mol. The van der Waals surface area contributed by atoms with Crippen LogP contribution in [0, 0.1) is 6.92 Å². The molecule has 0 aromatic carbocycles. The zero-order valence-electron chi connectivity index (χ0n) is 19.8. The molecule has 1 aliphatic heterocycles. The van der Waals surface area contributed by atoms with Gasteiger partial charge < -0.3 is 15.5 Å². The monoisotopic (exact) mass is 461 g/mol. The highest BCUT2D eigenvalue weighted by molar-refractivity contribution is 5.99. The van der Waals surface area contributed by atoms with E-state index in [1.165, 1.54) is 13.3 Å². The summed E-state index contributed by atoms with van der Waals surface area (Å²) in [4.78, 5) is 41.9. The Morgan fingerprint density at radius 1 is 1.09 bits per heavy atom. The summed E-state index contributed by atoms with van der Waals surface area (Å²) < 4.78 is 1.74. The maximum Gasteiger partial charge on any atom is 0.263 e. The minimum atomic E-state index is -0.243. The first-order valence-electron chi connectivity index (χ1n) is 12.1. The number of pyridine rings is 2. The molecule has 3 aromatic rings. The first kappa shape index (κ1) is 22.5. The van der Waals surface area contributed by atoms with E-state index in [4.69, 9.17) is 4.98 Å². The summed E-state index contributed by atoms with van der Waals surface area (Å²) in [5.74, 6) is 0.806. The number of aromatic nitrogens is 4. The lowest BCUT2D eigenvalue weighted by atomic mass is 9.94. The minimum absolute atomic E-state index is 0.0432. The number of piperazine rings is 1. The fourth-order valence-electron chi connectivity index (χ4n) is 5.17. The number of fused-ring (bicyclic) bond motifs is 1. The van der Waals surface area contributed by atoms with Gasteiger partial charge >= 0.3 is 0 Å². The molecule has 0 radical (unpaired) electrons. The van der Waals surface area contributed by atoms with Crippen molar-refractivity contribution in [3.05, 3.63) is 46.0 Å². The quantitative estimate of drug-likeness (QED) is 0.558. The van der Waals surface area contributed by atoms with Crippen molar-refractivity contribution in [2.45, 2.75) is 52.0 Å². The van der Waals surface area contributed by atoms with Gasteiger partial charge in [0.05, 0.1) is 17.4 Å². The van der Waals surface area contributed by atoms with Crippen LogP contribution in [0.5, 0.6) is 0 Å². The number of nitrogens with zero attached hydrogens (tertiary/aromatic N) is 5. The van der Waals surface area contributed by atoms with E-state index in [9.17, 15) is 9.59 Å². The molecule has 2 fully saturated rings. The largest absolute Gasteiger partial charge is 0.368 e. The third-order valence-electron chi connectivity index (χ3n) is 6.97. The summed E-state index contributed by atoms with van der Waals surface area (Å²) in [6.07, 6.45) is 8.71. The van der Waals surface area contributed by atoms with Gasteiger partial charge in [0, 0.05) is 43.8 Å². The molecule has 2 aliphatic rings. The standard InChI is InChI=1S/C25H31N7O2/c1-16-20-15-28-25(29-21-9-8-19(14-27-21)31-12-10-26-11-13-31)30-23(20)32(18-6-4-3-5-7-18)24(34)22(16)17(2)33/h8-9,14-15,18,26H,3-7,10-13H2,1-2H3,(H,27,28,29,30). The van der Waals surface area contributed by atoms with Gasteiger partial charge in [-0.1, -0.05) is 19.3 Å². The predicted molar refractivity (Wildman–Crippen MR) is 133 cm³/mol. The molecule has 1 saturated carbocycles. The van der Waals surface area contributed by atoms with E-state index in [0.717, 1.165) is 62.9 Å². The maximum absolute atomic E-state index is 13.4. The van der Waals surface area contributed by atoms with Crippen LogP contribution >= 0.6 is 0 Å². The maximum atomic E-state index is 13.4. The fraction of sp³-hybridized carbons (Fsp3) is 0.480. The smallest absolute Gasteiger partial charge is 0.263 e. The van der Waals surface area contributed by atoms with Gasteiger partial charge in [0.1, 0.15) is 11.5 Å². The van der Waals surface area contributed by atoms with E-state index in [-0.39, 0.29) is 22.9 Å². The summed E-state index contributed by atoms with van der Waals surface area (Å²) in [6, 6.07) is 4.01. The minimum Gasteiger partial charge on any atom is -0.368 e. The number of aryl methyl sites for hydroxylation is 1. The molecule has 1 saturated heterocycles. The Labute approximate surface area is 198 Å². The van der Waals surface area contributed by atoms with Crippen LogP contribution < -0.4 is 21.1 Å². The van der Waals surface area contributed by atoms with Gasteiger partial charge in [-0.3, -0.25) is 14.2 Å². The number of anilines is 3. The number of rotatable bonds is 5. The summed E-state index contributed by atoms with van der Waals surface area (Å²) in [7, 11) is 0. The van der Waals surface area contributed by atoms with Crippen LogP contribution in [0.2, 0.25) is 0 Å². The van der Waals surface area contributed by atoms with Gasteiger partial charge in [-0.15, -0.1) is 0 Å².